The molecule has 2 aliphatic heterocycles. The fraction of sp³-hybridized carbons (Fsp3) is 0.320. The monoisotopic (exact) mass is 402 g/mol. The summed E-state index contributed by atoms with van der Waals surface area (Å²) in [5.41, 5.74) is 6.72. The van der Waals surface area contributed by atoms with E-state index in [0.717, 1.165) is 65.9 Å². The van der Waals surface area contributed by atoms with Gasteiger partial charge in [0.2, 0.25) is 0 Å². The summed E-state index contributed by atoms with van der Waals surface area (Å²) in [7, 11) is 0. The number of aromatic amines is 1. The summed E-state index contributed by atoms with van der Waals surface area (Å²) in [6.45, 7) is 5.16. The van der Waals surface area contributed by atoms with Crippen LogP contribution in [0.5, 0.6) is 11.5 Å². The van der Waals surface area contributed by atoms with Crippen molar-refractivity contribution in [3.8, 4) is 11.5 Å². The van der Waals surface area contributed by atoms with E-state index in [9.17, 15) is 4.79 Å². The maximum atomic E-state index is 12.2. The first-order valence-corrected chi connectivity index (χ1v) is 10.7. The fourth-order valence-corrected chi connectivity index (χ4v) is 4.42. The molecule has 5 rings (SSSR count). The van der Waals surface area contributed by atoms with Crippen LogP contribution >= 0.6 is 0 Å². The fourth-order valence-electron chi connectivity index (χ4n) is 4.42. The summed E-state index contributed by atoms with van der Waals surface area (Å²) in [5.74, 6) is 1.62. The van der Waals surface area contributed by atoms with Gasteiger partial charge in [-0.1, -0.05) is 24.6 Å². The number of H-pyrrole nitrogens is 1. The van der Waals surface area contributed by atoms with Gasteiger partial charge in [-0.15, -0.1) is 0 Å². The van der Waals surface area contributed by atoms with Gasteiger partial charge < -0.3 is 19.8 Å². The number of piperidine rings is 1. The molecule has 0 unspecified atom stereocenters. The molecule has 1 saturated heterocycles. The van der Waals surface area contributed by atoms with Crippen LogP contribution in [0.15, 0.2) is 52.8 Å². The minimum atomic E-state index is 0.00141. The molecule has 0 bridgehead atoms. The first-order valence-electron chi connectivity index (χ1n) is 10.7. The summed E-state index contributed by atoms with van der Waals surface area (Å²) in [6, 6.07) is 14.6. The lowest BCUT2D eigenvalue weighted by Crippen LogP contribution is -2.24. The molecule has 1 fully saturated rings. The molecule has 0 spiro atoms. The van der Waals surface area contributed by atoms with Crippen LogP contribution in [0.2, 0.25) is 0 Å². The highest BCUT2D eigenvalue weighted by molar-refractivity contribution is 5.89. The predicted molar refractivity (Wildman–Crippen MR) is 120 cm³/mol. The van der Waals surface area contributed by atoms with E-state index in [1.807, 2.05) is 25.1 Å². The van der Waals surface area contributed by atoms with E-state index >= 15 is 0 Å². The molecule has 2 N–H and O–H groups in total. The third-order valence-corrected chi connectivity index (χ3v) is 5.98. The zero-order valence-electron chi connectivity index (χ0n) is 17.2. The SMILES string of the molecule is CCc1cc2cc(C(=C3CCNCC3)c3ccc4c(c3)OCCO4)ccc2[nH]c1=O. The van der Waals surface area contributed by atoms with Crippen LogP contribution in [0.25, 0.3) is 16.5 Å². The Hall–Kier alpha value is -3.05. The second kappa shape index (κ2) is 8.00. The van der Waals surface area contributed by atoms with Crippen molar-refractivity contribution in [1.82, 2.24) is 10.3 Å². The summed E-state index contributed by atoms with van der Waals surface area (Å²) in [5, 5.41) is 4.52. The highest BCUT2D eigenvalue weighted by Gasteiger charge is 2.19. The lowest BCUT2D eigenvalue weighted by Gasteiger charge is -2.23. The topological polar surface area (TPSA) is 63.4 Å². The standard InChI is InChI=1S/C25H26N2O3/c1-2-16-13-20-14-18(3-5-21(20)27-25(16)28)24(17-7-9-26-10-8-17)19-4-6-22-23(15-19)30-12-11-29-22/h3-6,13-15,26H,2,7-12H2,1H3,(H,27,28). The van der Waals surface area contributed by atoms with Crippen molar-refractivity contribution in [1.29, 1.82) is 0 Å². The van der Waals surface area contributed by atoms with Gasteiger partial charge >= 0.3 is 0 Å². The minimum Gasteiger partial charge on any atom is -0.486 e. The average Bonchev–Trinajstić information content (AvgIpc) is 2.79. The molecule has 3 heterocycles. The van der Waals surface area contributed by atoms with Crippen molar-refractivity contribution < 1.29 is 9.47 Å². The molecule has 0 radical (unpaired) electrons. The van der Waals surface area contributed by atoms with E-state index in [4.69, 9.17) is 9.47 Å². The van der Waals surface area contributed by atoms with Crippen LogP contribution < -0.4 is 20.3 Å². The smallest absolute Gasteiger partial charge is 0.251 e. The van der Waals surface area contributed by atoms with E-state index in [0.29, 0.717) is 13.2 Å². The van der Waals surface area contributed by atoms with Gasteiger partial charge in [-0.3, -0.25) is 4.79 Å². The van der Waals surface area contributed by atoms with Crippen LogP contribution in [-0.4, -0.2) is 31.3 Å². The zero-order chi connectivity index (χ0) is 20.5. The molecule has 0 atom stereocenters. The first kappa shape index (κ1) is 18.9. The Morgan fingerprint density at radius 3 is 2.47 bits per heavy atom. The van der Waals surface area contributed by atoms with E-state index in [1.165, 1.54) is 16.7 Å². The molecule has 5 nitrogen and oxygen atoms in total. The van der Waals surface area contributed by atoms with Crippen LogP contribution in [0.3, 0.4) is 0 Å². The van der Waals surface area contributed by atoms with Crippen LogP contribution in [0.1, 0.15) is 36.5 Å². The number of aromatic nitrogens is 1. The van der Waals surface area contributed by atoms with Crippen LogP contribution in [0, 0.1) is 0 Å². The Morgan fingerprint density at radius 1 is 0.933 bits per heavy atom. The Morgan fingerprint density at radius 2 is 1.67 bits per heavy atom. The largest absolute Gasteiger partial charge is 0.486 e. The van der Waals surface area contributed by atoms with Crippen molar-refractivity contribution in [2.75, 3.05) is 26.3 Å². The first-order chi connectivity index (χ1) is 14.7. The van der Waals surface area contributed by atoms with E-state index < -0.39 is 0 Å². The molecule has 2 aromatic carbocycles. The number of nitrogens with one attached hydrogen (secondary N) is 2. The normalized spacial score (nSPS) is 16.0. The number of fused-ring (bicyclic) bond motifs is 2. The molecular weight excluding hydrogens is 376 g/mol. The maximum absolute atomic E-state index is 12.2. The lowest BCUT2D eigenvalue weighted by molar-refractivity contribution is 0.171. The van der Waals surface area contributed by atoms with Crippen molar-refractivity contribution >= 4 is 16.5 Å². The second-order valence-electron chi connectivity index (χ2n) is 7.87. The number of rotatable bonds is 3. The third kappa shape index (κ3) is 3.50. The van der Waals surface area contributed by atoms with E-state index in [1.54, 1.807) is 0 Å². The van der Waals surface area contributed by atoms with Gasteiger partial charge in [0, 0.05) is 11.1 Å². The summed E-state index contributed by atoms with van der Waals surface area (Å²) < 4.78 is 11.6. The molecule has 5 heteroatoms. The van der Waals surface area contributed by atoms with Crippen LogP contribution in [-0.2, 0) is 6.42 Å². The van der Waals surface area contributed by atoms with Gasteiger partial charge in [0.05, 0.1) is 0 Å². The predicted octanol–water partition coefficient (Wildman–Crippen LogP) is 4.05. The number of aryl methyl sites for hydroxylation is 1. The highest BCUT2D eigenvalue weighted by Crippen LogP contribution is 2.38. The maximum Gasteiger partial charge on any atom is 0.251 e. The molecular formula is C25H26N2O3. The minimum absolute atomic E-state index is 0.00141. The van der Waals surface area contributed by atoms with Crippen molar-refractivity contribution in [3.63, 3.8) is 0 Å². The summed E-state index contributed by atoms with van der Waals surface area (Å²) in [6.07, 6.45) is 2.76. The van der Waals surface area contributed by atoms with Gasteiger partial charge in [0.1, 0.15) is 13.2 Å². The molecule has 0 aliphatic carbocycles. The van der Waals surface area contributed by atoms with Crippen molar-refractivity contribution in [2.24, 2.45) is 0 Å². The van der Waals surface area contributed by atoms with Gasteiger partial charge in [0.25, 0.3) is 5.56 Å². The number of hydrogen-bond donors (Lipinski definition) is 2. The van der Waals surface area contributed by atoms with Gasteiger partial charge in [-0.25, -0.2) is 0 Å². The third-order valence-electron chi connectivity index (χ3n) is 5.98. The molecule has 0 saturated carbocycles. The van der Waals surface area contributed by atoms with Crippen LogP contribution in [0.4, 0.5) is 0 Å². The van der Waals surface area contributed by atoms with E-state index in [2.05, 4.69) is 34.6 Å². The molecule has 1 aromatic heterocycles. The summed E-state index contributed by atoms with van der Waals surface area (Å²) in [4.78, 5) is 15.2. The Balaban J connectivity index is 1.67. The lowest BCUT2D eigenvalue weighted by atomic mass is 9.88. The molecule has 154 valence electrons. The number of benzene rings is 2. The number of pyridine rings is 1. The summed E-state index contributed by atoms with van der Waals surface area (Å²) >= 11 is 0. The van der Waals surface area contributed by atoms with E-state index in [-0.39, 0.29) is 5.56 Å². The molecule has 3 aromatic rings. The van der Waals surface area contributed by atoms with Gasteiger partial charge in [0.15, 0.2) is 11.5 Å². The molecule has 0 amide bonds. The Kier molecular flexibility index (Phi) is 5.05. The average molecular weight is 402 g/mol. The Labute approximate surface area is 175 Å². The number of hydrogen-bond acceptors (Lipinski definition) is 4. The molecule has 2 aliphatic rings. The quantitative estimate of drug-likeness (QED) is 0.694. The van der Waals surface area contributed by atoms with Crippen molar-refractivity contribution in [2.45, 2.75) is 26.2 Å². The number of ether oxygens (including phenoxy) is 2. The second-order valence-corrected chi connectivity index (χ2v) is 7.87. The Bertz CT molecular complexity index is 1180. The van der Waals surface area contributed by atoms with Gasteiger partial charge in [-0.05, 0) is 84.8 Å². The van der Waals surface area contributed by atoms with Crippen molar-refractivity contribution in [3.05, 3.63) is 75.1 Å². The highest BCUT2D eigenvalue weighted by atomic mass is 16.6. The zero-order valence-corrected chi connectivity index (χ0v) is 17.2. The van der Waals surface area contributed by atoms with Gasteiger partial charge in [-0.2, -0.15) is 0 Å². The molecule has 30 heavy (non-hydrogen) atoms.